The first-order valence-electron chi connectivity index (χ1n) is 8.39. The summed E-state index contributed by atoms with van der Waals surface area (Å²) in [4.78, 5) is 27.0. The minimum atomic E-state index is -0.648. The van der Waals surface area contributed by atoms with Gasteiger partial charge in [0.25, 0.3) is 5.91 Å². The van der Waals surface area contributed by atoms with Crippen molar-refractivity contribution in [3.05, 3.63) is 47.2 Å². The molecule has 1 aliphatic heterocycles. The molecule has 8 heteroatoms. The number of nitrogens with one attached hydrogen (secondary N) is 1. The highest BCUT2D eigenvalue weighted by Gasteiger charge is 2.37. The van der Waals surface area contributed by atoms with E-state index in [0.29, 0.717) is 18.0 Å². The van der Waals surface area contributed by atoms with Crippen molar-refractivity contribution >= 4 is 22.8 Å². The standard InChI is InChI=1S/C18H19N5O3/c1-10-4-5-14-12(6-10)7-15(26-14)18(25)23-9-16-21-20-11(2)22(16)8-13(23)17(24)19-3/h4-7,13H,8-9H2,1-3H3,(H,19,24). The number of nitrogens with zero attached hydrogens (tertiary/aromatic N) is 4. The topological polar surface area (TPSA) is 93.3 Å². The Bertz CT molecular complexity index is 1020. The van der Waals surface area contributed by atoms with Gasteiger partial charge in [0.2, 0.25) is 5.91 Å². The van der Waals surface area contributed by atoms with Crippen LogP contribution in [0.25, 0.3) is 11.0 Å². The van der Waals surface area contributed by atoms with Gasteiger partial charge in [-0.3, -0.25) is 9.59 Å². The van der Waals surface area contributed by atoms with Gasteiger partial charge in [-0.15, -0.1) is 10.2 Å². The molecule has 1 unspecified atom stereocenters. The molecule has 8 nitrogen and oxygen atoms in total. The number of carbonyl (C=O) groups excluding carboxylic acids is 2. The number of carbonyl (C=O) groups is 2. The molecule has 134 valence electrons. The molecule has 1 aromatic carbocycles. The summed E-state index contributed by atoms with van der Waals surface area (Å²) in [7, 11) is 1.56. The monoisotopic (exact) mass is 353 g/mol. The largest absolute Gasteiger partial charge is 0.451 e. The maximum Gasteiger partial charge on any atom is 0.290 e. The molecule has 3 aromatic rings. The zero-order valence-corrected chi connectivity index (χ0v) is 14.8. The maximum absolute atomic E-state index is 13.1. The van der Waals surface area contributed by atoms with E-state index in [4.69, 9.17) is 4.42 Å². The smallest absolute Gasteiger partial charge is 0.290 e. The van der Waals surface area contributed by atoms with E-state index < -0.39 is 6.04 Å². The van der Waals surface area contributed by atoms with Crippen molar-refractivity contribution in [1.29, 1.82) is 0 Å². The fourth-order valence-electron chi connectivity index (χ4n) is 3.33. The predicted molar refractivity (Wildman–Crippen MR) is 93.4 cm³/mol. The Balaban J connectivity index is 1.72. The minimum absolute atomic E-state index is 0.202. The van der Waals surface area contributed by atoms with Gasteiger partial charge in [-0.1, -0.05) is 11.6 Å². The van der Waals surface area contributed by atoms with Gasteiger partial charge in [0.1, 0.15) is 17.4 Å². The molecule has 0 fully saturated rings. The third-order valence-corrected chi connectivity index (χ3v) is 4.75. The van der Waals surface area contributed by atoms with E-state index in [1.165, 1.54) is 4.90 Å². The van der Waals surface area contributed by atoms with E-state index in [9.17, 15) is 9.59 Å². The van der Waals surface area contributed by atoms with Crippen LogP contribution in [0.3, 0.4) is 0 Å². The van der Waals surface area contributed by atoms with Gasteiger partial charge in [0, 0.05) is 12.4 Å². The molecule has 0 saturated carbocycles. The van der Waals surface area contributed by atoms with Gasteiger partial charge in [-0.2, -0.15) is 0 Å². The van der Waals surface area contributed by atoms with Crippen LogP contribution in [0.5, 0.6) is 0 Å². The van der Waals surface area contributed by atoms with Crippen molar-refractivity contribution in [3.63, 3.8) is 0 Å². The summed E-state index contributed by atoms with van der Waals surface area (Å²) in [6.45, 7) is 4.33. The lowest BCUT2D eigenvalue weighted by atomic mass is 10.1. The summed E-state index contributed by atoms with van der Waals surface area (Å²) in [5.41, 5.74) is 1.73. The first-order chi connectivity index (χ1) is 12.5. The van der Waals surface area contributed by atoms with Crippen LogP contribution < -0.4 is 5.32 Å². The van der Waals surface area contributed by atoms with Gasteiger partial charge in [-0.25, -0.2) is 0 Å². The molecule has 0 aliphatic carbocycles. The molecule has 1 atom stereocenters. The van der Waals surface area contributed by atoms with Gasteiger partial charge in [0.15, 0.2) is 11.6 Å². The molecule has 3 heterocycles. The third kappa shape index (κ3) is 2.54. The summed E-state index contributed by atoms with van der Waals surface area (Å²) in [5.74, 6) is 1.02. The van der Waals surface area contributed by atoms with Gasteiger partial charge < -0.3 is 19.2 Å². The van der Waals surface area contributed by atoms with Crippen LogP contribution in [0.15, 0.2) is 28.7 Å². The molecular weight excluding hydrogens is 334 g/mol. The van der Waals surface area contributed by atoms with Crippen molar-refractivity contribution in [2.75, 3.05) is 7.05 Å². The second kappa shape index (κ2) is 5.98. The summed E-state index contributed by atoms with van der Waals surface area (Å²) >= 11 is 0. The second-order valence-corrected chi connectivity index (χ2v) is 6.49. The number of aromatic nitrogens is 3. The number of fused-ring (bicyclic) bond motifs is 2. The van der Waals surface area contributed by atoms with E-state index in [-0.39, 0.29) is 24.1 Å². The first-order valence-corrected chi connectivity index (χ1v) is 8.39. The summed E-state index contributed by atoms with van der Waals surface area (Å²) < 4.78 is 7.59. The number of furan rings is 1. The van der Waals surface area contributed by atoms with Crippen LogP contribution in [0.4, 0.5) is 0 Å². The molecule has 4 rings (SSSR count). The Kier molecular flexibility index (Phi) is 3.75. The zero-order valence-electron chi connectivity index (χ0n) is 14.8. The van der Waals surface area contributed by atoms with Crippen LogP contribution in [0.2, 0.25) is 0 Å². The number of hydrogen-bond acceptors (Lipinski definition) is 5. The maximum atomic E-state index is 13.1. The Morgan fingerprint density at radius 2 is 2.04 bits per heavy atom. The summed E-state index contributed by atoms with van der Waals surface area (Å²) in [6.07, 6.45) is 0. The van der Waals surface area contributed by atoms with Gasteiger partial charge >= 0.3 is 0 Å². The lowest BCUT2D eigenvalue weighted by Gasteiger charge is -2.34. The fraction of sp³-hybridized carbons (Fsp3) is 0.333. The second-order valence-electron chi connectivity index (χ2n) is 6.49. The number of rotatable bonds is 2. The molecule has 1 N–H and O–H groups in total. The summed E-state index contributed by atoms with van der Waals surface area (Å²) in [6, 6.07) is 6.80. The lowest BCUT2D eigenvalue weighted by molar-refractivity contribution is -0.126. The quantitative estimate of drug-likeness (QED) is 0.752. The molecule has 1 aliphatic rings. The number of hydrogen-bond donors (Lipinski definition) is 1. The van der Waals surface area contributed by atoms with Crippen LogP contribution in [-0.2, 0) is 17.9 Å². The molecule has 0 radical (unpaired) electrons. The van der Waals surface area contributed by atoms with Crippen molar-refractivity contribution in [2.24, 2.45) is 0 Å². The number of amides is 2. The normalized spacial score (nSPS) is 16.6. The average Bonchev–Trinajstić information content (AvgIpc) is 3.22. The lowest BCUT2D eigenvalue weighted by Crippen LogP contribution is -2.53. The average molecular weight is 353 g/mol. The van der Waals surface area contributed by atoms with Gasteiger partial charge in [-0.05, 0) is 32.0 Å². The Labute approximate surface area is 149 Å². The Morgan fingerprint density at radius 3 is 2.81 bits per heavy atom. The highest BCUT2D eigenvalue weighted by molar-refractivity contribution is 5.98. The molecular formula is C18H19N5O3. The molecule has 0 saturated heterocycles. The third-order valence-electron chi connectivity index (χ3n) is 4.75. The predicted octanol–water partition coefficient (Wildman–Crippen LogP) is 1.41. The van der Waals surface area contributed by atoms with E-state index in [1.54, 1.807) is 13.1 Å². The number of benzene rings is 1. The highest BCUT2D eigenvalue weighted by Crippen LogP contribution is 2.25. The van der Waals surface area contributed by atoms with Crippen LogP contribution in [-0.4, -0.2) is 44.6 Å². The van der Waals surface area contributed by atoms with E-state index in [2.05, 4.69) is 15.5 Å². The Hall–Kier alpha value is -3.16. The SMILES string of the molecule is CNC(=O)C1Cn2c(C)nnc2CN1C(=O)c1cc2cc(C)ccc2o1. The zero-order chi connectivity index (χ0) is 18.4. The highest BCUT2D eigenvalue weighted by atomic mass is 16.3. The van der Waals surface area contributed by atoms with Crippen LogP contribution in [0.1, 0.15) is 27.8 Å². The molecule has 2 aromatic heterocycles. The minimum Gasteiger partial charge on any atom is -0.451 e. The van der Waals surface area contributed by atoms with Crippen molar-refractivity contribution < 1.29 is 14.0 Å². The van der Waals surface area contributed by atoms with Crippen molar-refractivity contribution in [1.82, 2.24) is 25.0 Å². The van der Waals surface area contributed by atoms with Gasteiger partial charge in [0.05, 0.1) is 13.1 Å². The Morgan fingerprint density at radius 1 is 1.23 bits per heavy atom. The van der Waals surface area contributed by atoms with Crippen LogP contribution >= 0.6 is 0 Å². The van der Waals surface area contributed by atoms with Crippen molar-refractivity contribution in [2.45, 2.75) is 33.0 Å². The number of aryl methyl sites for hydroxylation is 2. The molecule has 0 spiro atoms. The van der Waals surface area contributed by atoms with E-state index >= 15 is 0 Å². The first kappa shape index (κ1) is 16.3. The van der Waals surface area contributed by atoms with Crippen LogP contribution in [0, 0.1) is 13.8 Å². The molecule has 26 heavy (non-hydrogen) atoms. The fourth-order valence-corrected chi connectivity index (χ4v) is 3.33. The number of likely N-dealkylation sites (N-methyl/N-ethyl adjacent to an activating group) is 1. The summed E-state index contributed by atoms with van der Waals surface area (Å²) in [5, 5.41) is 11.7. The molecule has 0 bridgehead atoms. The van der Waals surface area contributed by atoms with E-state index in [1.807, 2.05) is 36.6 Å². The molecule has 2 amide bonds. The van der Waals surface area contributed by atoms with Crippen molar-refractivity contribution in [3.8, 4) is 0 Å². The van der Waals surface area contributed by atoms with E-state index in [0.717, 1.165) is 16.8 Å².